The van der Waals surface area contributed by atoms with E-state index in [-0.39, 0.29) is 12.3 Å². The normalized spacial score (nSPS) is 12.8. The topological polar surface area (TPSA) is 82.7 Å². The van der Waals surface area contributed by atoms with Crippen molar-refractivity contribution >= 4 is 40.0 Å². The van der Waals surface area contributed by atoms with Gasteiger partial charge in [-0.05, 0) is 49.2 Å². The minimum atomic E-state index is -0.101. The second-order valence-electron chi connectivity index (χ2n) is 7.52. The Balaban J connectivity index is 1.39. The molecule has 4 aromatic rings. The SMILES string of the molecule is Cc1ccc2[nH]cc(CCNc3ncc4c(n3)-c3ccc(Cl)cc3NC(=O)C4)c2c1. The third-order valence-electron chi connectivity index (χ3n) is 5.33. The van der Waals surface area contributed by atoms with Gasteiger partial charge in [-0.25, -0.2) is 9.97 Å². The quantitative estimate of drug-likeness (QED) is 0.448. The Bertz CT molecular complexity index is 1280. The standard InChI is InChI=1S/C23H20ClN5O/c1-13-2-5-19-18(8-13)14(11-26-19)6-7-25-23-27-12-15-9-21(30)28-20-10-16(24)3-4-17(20)22(15)29-23/h2-5,8,10-12,26H,6-7,9H2,1H3,(H,28,30)(H,25,27,29). The van der Waals surface area contributed by atoms with Gasteiger partial charge in [0.2, 0.25) is 11.9 Å². The molecule has 5 rings (SSSR count). The highest BCUT2D eigenvalue weighted by Gasteiger charge is 2.21. The average molecular weight is 418 g/mol. The van der Waals surface area contributed by atoms with Crippen LogP contribution in [0.15, 0.2) is 48.8 Å². The smallest absolute Gasteiger partial charge is 0.228 e. The number of nitrogens with zero attached hydrogens (tertiary/aromatic N) is 2. The molecule has 30 heavy (non-hydrogen) atoms. The first-order valence-electron chi connectivity index (χ1n) is 9.83. The highest BCUT2D eigenvalue weighted by atomic mass is 35.5. The van der Waals surface area contributed by atoms with Gasteiger partial charge in [0.05, 0.1) is 17.8 Å². The molecule has 0 aliphatic carbocycles. The van der Waals surface area contributed by atoms with Crippen LogP contribution in [0.5, 0.6) is 0 Å². The zero-order valence-electron chi connectivity index (χ0n) is 16.4. The molecule has 2 aromatic heterocycles. The lowest BCUT2D eigenvalue weighted by molar-refractivity contribution is -0.115. The summed E-state index contributed by atoms with van der Waals surface area (Å²) < 4.78 is 0. The van der Waals surface area contributed by atoms with Crippen molar-refractivity contribution in [2.24, 2.45) is 0 Å². The van der Waals surface area contributed by atoms with Crippen molar-refractivity contribution in [2.75, 3.05) is 17.2 Å². The first kappa shape index (κ1) is 18.6. The number of hydrogen-bond donors (Lipinski definition) is 3. The zero-order chi connectivity index (χ0) is 20.7. The number of halogens is 1. The van der Waals surface area contributed by atoms with Crippen LogP contribution in [0, 0.1) is 6.92 Å². The van der Waals surface area contributed by atoms with E-state index in [9.17, 15) is 4.79 Å². The number of nitrogens with one attached hydrogen (secondary N) is 3. The number of anilines is 2. The van der Waals surface area contributed by atoms with Gasteiger partial charge in [0.15, 0.2) is 0 Å². The van der Waals surface area contributed by atoms with Crippen LogP contribution in [0.3, 0.4) is 0 Å². The minimum Gasteiger partial charge on any atom is -0.361 e. The Kier molecular flexibility index (Phi) is 4.64. The molecule has 150 valence electrons. The molecule has 1 aliphatic heterocycles. The minimum absolute atomic E-state index is 0.101. The van der Waals surface area contributed by atoms with E-state index in [1.54, 1.807) is 18.3 Å². The molecule has 0 fully saturated rings. The van der Waals surface area contributed by atoms with Crippen LogP contribution < -0.4 is 10.6 Å². The van der Waals surface area contributed by atoms with Crippen LogP contribution >= 0.6 is 11.6 Å². The van der Waals surface area contributed by atoms with Gasteiger partial charge in [0.25, 0.3) is 0 Å². The van der Waals surface area contributed by atoms with Crippen LogP contribution in [-0.2, 0) is 17.6 Å². The van der Waals surface area contributed by atoms with Crippen molar-refractivity contribution in [1.29, 1.82) is 0 Å². The van der Waals surface area contributed by atoms with Gasteiger partial charge in [-0.1, -0.05) is 23.2 Å². The summed E-state index contributed by atoms with van der Waals surface area (Å²) in [6.45, 7) is 2.80. The fourth-order valence-corrected chi connectivity index (χ4v) is 4.03. The van der Waals surface area contributed by atoms with Crippen LogP contribution in [0.1, 0.15) is 16.7 Å². The monoisotopic (exact) mass is 417 g/mol. The van der Waals surface area contributed by atoms with Gasteiger partial charge >= 0.3 is 0 Å². The molecule has 0 bridgehead atoms. The summed E-state index contributed by atoms with van der Waals surface area (Å²) in [5.41, 5.74) is 6.71. The lowest BCUT2D eigenvalue weighted by Gasteiger charge is -2.10. The highest BCUT2D eigenvalue weighted by molar-refractivity contribution is 6.31. The summed E-state index contributed by atoms with van der Waals surface area (Å²) in [6.07, 6.45) is 4.86. The van der Waals surface area contributed by atoms with Crippen molar-refractivity contribution < 1.29 is 4.79 Å². The summed E-state index contributed by atoms with van der Waals surface area (Å²) in [4.78, 5) is 24.7. The number of fused-ring (bicyclic) bond motifs is 4. The number of benzene rings is 2. The van der Waals surface area contributed by atoms with Crippen molar-refractivity contribution in [3.63, 3.8) is 0 Å². The number of H-pyrrole nitrogens is 1. The molecule has 3 N–H and O–H groups in total. The van der Waals surface area contributed by atoms with Gasteiger partial charge in [-0.15, -0.1) is 0 Å². The fraction of sp³-hybridized carbons (Fsp3) is 0.174. The van der Waals surface area contributed by atoms with Crippen molar-refractivity contribution in [3.8, 4) is 11.3 Å². The van der Waals surface area contributed by atoms with E-state index >= 15 is 0 Å². The van der Waals surface area contributed by atoms with Crippen LogP contribution in [0.4, 0.5) is 11.6 Å². The number of aryl methyl sites for hydroxylation is 1. The zero-order valence-corrected chi connectivity index (χ0v) is 17.2. The Labute approximate surface area is 178 Å². The summed E-state index contributed by atoms with van der Waals surface area (Å²) >= 11 is 6.11. The van der Waals surface area contributed by atoms with E-state index in [2.05, 4.69) is 51.9 Å². The van der Waals surface area contributed by atoms with Crippen molar-refractivity contribution in [3.05, 3.63) is 70.5 Å². The van der Waals surface area contributed by atoms with Gasteiger partial charge in [-0.3, -0.25) is 4.79 Å². The molecule has 7 heteroatoms. The van der Waals surface area contributed by atoms with Crippen molar-refractivity contribution in [1.82, 2.24) is 15.0 Å². The second-order valence-corrected chi connectivity index (χ2v) is 7.96. The molecule has 0 saturated carbocycles. The second kappa shape index (κ2) is 7.46. The van der Waals surface area contributed by atoms with E-state index in [1.807, 2.05) is 6.07 Å². The summed E-state index contributed by atoms with van der Waals surface area (Å²) in [7, 11) is 0. The Hall–Kier alpha value is -3.38. The molecule has 0 spiro atoms. The van der Waals surface area contributed by atoms with Gasteiger partial charge in [0, 0.05) is 46.0 Å². The fourth-order valence-electron chi connectivity index (χ4n) is 3.86. The molecule has 0 saturated heterocycles. The molecular weight excluding hydrogens is 398 g/mol. The average Bonchev–Trinajstić information content (AvgIpc) is 3.05. The summed E-state index contributed by atoms with van der Waals surface area (Å²) in [5.74, 6) is 0.441. The number of carbonyl (C=O) groups is 1. The number of aromatic amines is 1. The van der Waals surface area contributed by atoms with Gasteiger partial charge < -0.3 is 15.6 Å². The maximum absolute atomic E-state index is 12.2. The first-order valence-corrected chi connectivity index (χ1v) is 10.2. The van der Waals surface area contributed by atoms with E-state index in [1.165, 1.54) is 16.5 Å². The maximum Gasteiger partial charge on any atom is 0.228 e. The molecule has 1 amide bonds. The van der Waals surface area contributed by atoms with Crippen LogP contribution in [-0.4, -0.2) is 27.4 Å². The third kappa shape index (κ3) is 3.50. The molecule has 0 radical (unpaired) electrons. The number of hydrogen-bond acceptors (Lipinski definition) is 4. The third-order valence-corrected chi connectivity index (χ3v) is 5.56. The van der Waals surface area contributed by atoms with Gasteiger partial charge in [0.1, 0.15) is 0 Å². The predicted molar refractivity (Wildman–Crippen MR) is 120 cm³/mol. The van der Waals surface area contributed by atoms with E-state index in [0.717, 1.165) is 28.8 Å². The summed E-state index contributed by atoms with van der Waals surface area (Å²) in [5, 5.41) is 8.03. The maximum atomic E-state index is 12.2. The van der Waals surface area contributed by atoms with Crippen molar-refractivity contribution in [2.45, 2.75) is 19.8 Å². The van der Waals surface area contributed by atoms with Crippen LogP contribution in [0.25, 0.3) is 22.2 Å². The number of rotatable bonds is 4. The lowest BCUT2D eigenvalue weighted by atomic mass is 10.1. The van der Waals surface area contributed by atoms with Gasteiger partial charge in [-0.2, -0.15) is 0 Å². The molecular formula is C23H20ClN5O. The Morgan fingerprint density at radius 1 is 1.20 bits per heavy atom. The van der Waals surface area contributed by atoms with E-state index < -0.39 is 0 Å². The summed E-state index contributed by atoms with van der Waals surface area (Å²) in [6, 6.07) is 11.8. The molecule has 3 heterocycles. The Morgan fingerprint density at radius 3 is 3.00 bits per heavy atom. The number of aromatic nitrogens is 3. The van der Waals surface area contributed by atoms with E-state index in [0.29, 0.717) is 23.2 Å². The molecule has 1 aliphatic rings. The molecule has 0 atom stereocenters. The molecule has 2 aromatic carbocycles. The van der Waals surface area contributed by atoms with E-state index in [4.69, 9.17) is 16.6 Å². The number of carbonyl (C=O) groups excluding carboxylic acids is 1. The molecule has 6 nitrogen and oxygen atoms in total. The molecule has 0 unspecified atom stereocenters. The van der Waals surface area contributed by atoms with Crippen LogP contribution in [0.2, 0.25) is 5.02 Å². The lowest BCUT2D eigenvalue weighted by Crippen LogP contribution is -2.13. The largest absolute Gasteiger partial charge is 0.361 e. The predicted octanol–water partition coefficient (Wildman–Crippen LogP) is 4.74. The number of amides is 1. The highest BCUT2D eigenvalue weighted by Crippen LogP contribution is 2.34. The first-order chi connectivity index (χ1) is 14.6. The Morgan fingerprint density at radius 2 is 2.10 bits per heavy atom.